The molecule has 1 N–H and O–H groups in total. The normalized spacial score (nSPS) is 11.9. The van der Waals surface area contributed by atoms with E-state index in [4.69, 9.17) is 4.74 Å². The van der Waals surface area contributed by atoms with Gasteiger partial charge in [0.15, 0.2) is 0 Å². The molecule has 0 fully saturated rings. The predicted molar refractivity (Wildman–Crippen MR) is 145 cm³/mol. The maximum Gasteiger partial charge on any atom is 0.244 e. The Kier molecular flexibility index (Phi) is 9.84. The van der Waals surface area contributed by atoms with Gasteiger partial charge in [-0.3, -0.25) is 13.9 Å². The first-order chi connectivity index (χ1) is 18.1. The minimum atomic E-state index is -3.86. The zero-order chi connectivity index (χ0) is 27.7. The topological polar surface area (TPSA) is 96.0 Å². The van der Waals surface area contributed by atoms with Crippen LogP contribution in [-0.4, -0.2) is 57.6 Å². The lowest BCUT2D eigenvalue weighted by atomic mass is 10.0. The van der Waals surface area contributed by atoms with Crippen LogP contribution in [0, 0.1) is 5.82 Å². The number of anilines is 1. The molecule has 0 saturated heterocycles. The summed E-state index contributed by atoms with van der Waals surface area (Å²) in [6.07, 6.45) is 1.22. The van der Waals surface area contributed by atoms with Gasteiger partial charge in [-0.15, -0.1) is 0 Å². The van der Waals surface area contributed by atoms with Gasteiger partial charge in [0, 0.05) is 19.5 Å². The number of nitrogens with one attached hydrogen (secondary N) is 1. The van der Waals surface area contributed by atoms with Crippen LogP contribution in [0.5, 0.6) is 5.75 Å². The molecule has 10 heteroatoms. The molecular formula is C28H32FN3O5S. The van der Waals surface area contributed by atoms with Gasteiger partial charge in [-0.2, -0.15) is 0 Å². The smallest absolute Gasteiger partial charge is 0.244 e. The molecule has 2 amide bonds. The lowest BCUT2D eigenvalue weighted by Crippen LogP contribution is -2.53. The number of ether oxygens (including phenoxy) is 1. The molecule has 8 nitrogen and oxygen atoms in total. The maximum absolute atomic E-state index is 13.8. The highest BCUT2D eigenvalue weighted by atomic mass is 32.2. The molecule has 1 unspecified atom stereocenters. The Morgan fingerprint density at radius 3 is 2.13 bits per heavy atom. The van der Waals surface area contributed by atoms with Crippen LogP contribution in [0.25, 0.3) is 0 Å². The third kappa shape index (κ3) is 7.79. The third-order valence-electron chi connectivity index (χ3n) is 5.93. The van der Waals surface area contributed by atoms with E-state index in [0.717, 1.165) is 16.1 Å². The molecule has 3 aromatic rings. The van der Waals surface area contributed by atoms with E-state index < -0.39 is 34.3 Å². The summed E-state index contributed by atoms with van der Waals surface area (Å²) in [4.78, 5) is 28.5. The zero-order valence-corrected chi connectivity index (χ0v) is 22.4. The summed E-state index contributed by atoms with van der Waals surface area (Å²) in [6.45, 7) is 1.58. The summed E-state index contributed by atoms with van der Waals surface area (Å²) in [5.74, 6) is -0.852. The van der Waals surface area contributed by atoms with Crippen LogP contribution in [0.4, 0.5) is 10.1 Å². The van der Waals surface area contributed by atoms with Crippen molar-refractivity contribution in [3.63, 3.8) is 0 Å². The van der Waals surface area contributed by atoms with Crippen molar-refractivity contribution in [1.82, 2.24) is 10.2 Å². The number of amides is 2. The molecule has 38 heavy (non-hydrogen) atoms. The van der Waals surface area contributed by atoms with Crippen LogP contribution < -0.4 is 14.4 Å². The van der Waals surface area contributed by atoms with Gasteiger partial charge in [0.2, 0.25) is 21.8 Å². The fourth-order valence-electron chi connectivity index (χ4n) is 3.99. The number of carbonyl (C=O) groups excluding carboxylic acids is 2. The lowest BCUT2D eigenvalue weighted by molar-refractivity contribution is -0.140. The van der Waals surface area contributed by atoms with Crippen LogP contribution in [0.2, 0.25) is 0 Å². The molecule has 202 valence electrons. The van der Waals surface area contributed by atoms with Gasteiger partial charge < -0.3 is 15.0 Å². The summed E-state index contributed by atoms with van der Waals surface area (Å²) >= 11 is 0. The van der Waals surface area contributed by atoms with E-state index in [-0.39, 0.29) is 24.6 Å². The SMILES string of the molecule is CCNC(=O)C(Cc1ccccc1)N(Cc1ccc(F)cc1)C(=O)CN(c1ccc(OC)cc1)S(C)(=O)=O. The number of hydrogen-bond donors (Lipinski definition) is 1. The number of carbonyl (C=O) groups is 2. The van der Waals surface area contributed by atoms with Crippen molar-refractivity contribution < 1.29 is 27.1 Å². The first kappa shape index (κ1) is 28.6. The van der Waals surface area contributed by atoms with Crippen molar-refractivity contribution >= 4 is 27.5 Å². The number of halogens is 1. The van der Waals surface area contributed by atoms with Gasteiger partial charge in [-0.25, -0.2) is 12.8 Å². The minimum Gasteiger partial charge on any atom is -0.497 e. The largest absolute Gasteiger partial charge is 0.497 e. The van der Waals surface area contributed by atoms with E-state index in [1.165, 1.54) is 36.3 Å². The lowest BCUT2D eigenvalue weighted by Gasteiger charge is -2.33. The molecule has 0 aromatic heterocycles. The molecule has 0 heterocycles. The highest BCUT2D eigenvalue weighted by molar-refractivity contribution is 7.92. The second-order valence-corrected chi connectivity index (χ2v) is 10.6. The number of nitrogens with zero attached hydrogens (tertiary/aromatic N) is 2. The number of methoxy groups -OCH3 is 1. The molecule has 3 aromatic carbocycles. The molecule has 0 saturated carbocycles. The van der Waals surface area contributed by atoms with E-state index in [1.54, 1.807) is 31.2 Å². The van der Waals surface area contributed by atoms with Crippen LogP contribution in [0.3, 0.4) is 0 Å². The Hall–Kier alpha value is -3.92. The van der Waals surface area contributed by atoms with Gasteiger partial charge in [-0.1, -0.05) is 42.5 Å². The van der Waals surface area contributed by atoms with Crippen molar-refractivity contribution in [3.8, 4) is 5.75 Å². The molecule has 3 rings (SSSR count). The molecule has 0 aliphatic heterocycles. The van der Waals surface area contributed by atoms with Crippen molar-refractivity contribution in [2.45, 2.75) is 25.9 Å². The number of hydrogen-bond acceptors (Lipinski definition) is 5. The van der Waals surface area contributed by atoms with Gasteiger partial charge >= 0.3 is 0 Å². The Morgan fingerprint density at radius 1 is 0.947 bits per heavy atom. The van der Waals surface area contributed by atoms with E-state index in [9.17, 15) is 22.4 Å². The molecule has 0 aliphatic carbocycles. The molecule has 0 spiro atoms. The standard InChI is InChI=1S/C28H32FN3O5S/c1-4-30-28(34)26(18-21-8-6-5-7-9-21)31(19-22-10-12-23(29)13-11-22)27(33)20-32(38(3,35)36)24-14-16-25(37-2)17-15-24/h5-17,26H,4,18-20H2,1-3H3,(H,30,34). The molecular weight excluding hydrogens is 509 g/mol. The predicted octanol–water partition coefficient (Wildman–Crippen LogP) is 3.38. The zero-order valence-electron chi connectivity index (χ0n) is 21.6. The number of sulfonamides is 1. The minimum absolute atomic E-state index is 0.0199. The summed E-state index contributed by atoms with van der Waals surface area (Å²) in [5, 5.41) is 2.79. The van der Waals surface area contributed by atoms with Crippen molar-refractivity contribution in [1.29, 1.82) is 0 Å². The molecule has 0 bridgehead atoms. The van der Waals surface area contributed by atoms with E-state index in [1.807, 2.05) is 30.3 Å². The average Bonchev–Trinajstić information content (AvgIpc) is 2.90. The van der Waals surface area contributed by atoms with Gasteiger partial charge in [0.05, 0.1) is 19.1 Å². The molecule has 0 aliphatic rings. The average molecular weight is 542 g/mol. The first-order valence-corrected chi connectivity index (χ1v) is 13.9. The van der Waals surface area contributed by atoms with Gasteiger partial charge in [0.25, 0.3) is 0 Å². The Balaban J connectivity index is 2.01. The fourth-order valence-corrected chi connectivity index (χ4v) is 4.84. The Bertz CT molecular complexity index is 1320. The Morgan fingerprint density at radius 2 is 1.58 bits per heavy atom. The van der Waals surface area contributed by atoms with Gasteiger partial charge in [0.1, 0.15) is 24.2 Å². The fraction of sp³-hybridized carbons (Fsp3) is 0.286. The van der Waals surface area contributed by atoms with Crippen molar-refractivity contribution in [3.05, 3.63) is 95.8 Å². The first-order valence-electron chi connectivity index (χ1n) is 12.1. The molecule has 0 radical (unpaired) electrons. The Labute approximate surface area is 223 Å². The van der Waals surface area contributed by atoms with Crippen LogP contribution in [-0.2, 0) is 32.6 Å². The van der Waals surface area contributed by atoms with Crippen LogP contribution in [0.15, 0.2) is 78.9 Å². The third-order valence-corrected chi connectivity index (χ3v) is 7.07. The number of benzene rings is 3. The van der Waals surface area contributed by atoms with Crippen molar-refractivity contribution in [2.24, 2.45) is 0 Å². The summed E-state index contributed by atoms with van der Waals surface area (Å²) < 4.78 is 45.2. The van der Waals surface area contributed by atoms with Crippen LogP contribution >= 0.6 is 0 Å². The summed E-state index contributed by atoms with van der Waals surface area (Å²) in [6, 6.07) is 20.2. The summed E-state index contributed by atoms with van der Waals surface area (Å²) in [5.41, 5.74) is 1.70. The monoisotopic (exact) mass is 541 g/mol. The van der Waals surface area contributed by atoms with Crippen molar-refractivity contribution in [2.75, 3.05) is 30.8 Å². The highest BCUT2D eigenvalue weighted by Gasteiger charge is 2.32. The molecule has 1 atom stereocenters. The quantitative estimate of drug-likeness (QED) is 0.379. The number of rotatable bonds is 12. The second kappa shape index (κ2) is 13.0. The van der Waals surface area contributed by atoms with E-state index in [2.05, 4.69) is 5.32 Å². The highest BCUT2D eigenvalue weighted by Crippen LogP contribution is 2.23. The second-order valence-electron chi connectivity index (χ2n) is 8.72. The summed E-state index contributed by atoms with van der Waals surface area (Å²) in [7, 11) is -2.37. The van der Waals surface area contributed by atoms with Crippen LogP contribution in [0.1, 0.15) is 18.1 Å². The van der Waals surface area contributed by atoms with E-state index >= 15 is 0 Å². The van der Waals surface area contributed by atoms with Gasteiger partial charge in [-0.05, 0) is 54.4 Å². The number of likely N-dealkylation sites (N-methyl/N-ethyl adjacent to an activating group) is 1. The van der Waals surface area contributed by atoms with E-state index in [0.29, 0.717) is 17.9 Å². The maximum atomic E-state index is 13.8.